The third-order valence-electron chi connectivity index (χ3n) is 5.77. The molecular weight excluding hydrogens is 460 g/mol. The van der Waals surface area contributed by atoms with Gasteiger partial charge in [-0.15, -0.1) is 11.3 Å². The number of hydrogen-bond acceptors (Lipinski definition) is 6. The Kier molecular flexibility index (Phi) is 7.33. The van der Waals surface area contributed by atoms with Gasteiger partial charge in [-0.3, -0.25) is 14.6 Å². The fourth-order valence-corrected chi connectivity index (χ4v) is 4.23. The molecule has 2 amide bonds. The Morgan fingerprint density at radius 3 is 2.51 bits per heavy atom. The minimum absolute atomic E-state index is 0.195. The number of carbonyl (C=O) groups is 2. The summed E-state index contributed by atoms with van der Waals surface area (Å²) in [5, 5.41) is 18.1. The van der Waals surface area contributed by atoms with Gasteiger partial charge in [-0.1, -0.05) is 37.3 Å². The van der Waals surface area contributed by atoms with Crippen molar-refractivity contribution in [3.05, 3.63) is 89.6 Å². The van der Waals surface area contributed by atoms with Crippen molar-refractivity contribution in [1.29, 1.82) is 0 Å². The van der Waals surface area contributed by atoms with Crippen molar-refractivity contribution in [2.24, 2.45) is 0 Å². The van der Waals surface area contributed by atoms with Gasteiger partial charge >= 0.3 is 0 Å². The van der Waals surface area contributed by atoms with Gasteiger partial charge in [0.05, 0.1) is 17.8 Å². The van der Waals surface area contributed by atoms with Crippen LogP contribution in [0.1, 0.15) is 36.2 Å². The van der Waals surface area contributed by atoms with Crippen LogP contribution in [0.25, 0.3) is 22.4 Å². The van der Waals surface area contributed by atoms with Crippen LogP contribution in [0.4, 0.5) is 5.13 Å². The highest BCUT2D eigenvalue weighted by atomic mass is 32.1. The molecule has 3 N–H and O–H groups in total. The lowest BCUT2D eigenvalue weighted by Gasteiger charge is -2.22. The monoisotopic (exact) mass is 486 g/mol. The molecule has 0 spiro atoms. The van der Waals surface area contributed by atoms with Crippen LogP contribution in [0.5, 0.6) is 0 Å². The Morgan fingerprint density at radius 2 is 1.74 bits per heavy atom. The van der Waals surface area contributed by atoms with Crippen LogP contribution in [-0.2, 0) is 10.4 Å². The summed E-state index contributed by atoms with van der Waals surface area (Å²) in [6, 6.07) is 18.7. The van der Waals surface area contributed by atoms with Gasteiger partial charge in [0, 0.05) is 28.9 Å². The predicted octanol–water partition coefficient (Wildman–Crippen LogP) is 4.86. The number of rotatable bonds is 8. The first kappa shape index (κ1) is 24.3. The molecule has 35 heavy (non-hydrogen) atoms. The van der Waals surface area contributed by atoms with Crippen molar-refractivity contribution in [3.8, 4) is 22.4 Å². The molecule has 1 atom stereocenters. The van der Waals surface area contributed by atoms with Crippen LogP contribution < -0.4 is 10.6 Å². The fraction of sp³-hybridized carbons (Fsp3) is 0.185. The van der Waals surface area contributed by atoms with Crippen LogP contribution in [0.15, 0.2) is 78.4 Å². The molecule has 4 aromatic rings. The van der Waals surface area contributed by atoms with Crippen molar-refractivity contribution >= 4 is 28.3 Å². The molecule has 0 aliphatic rings. The highest BCUT2D eigenvalue weighted by molar-refractivity contribution is 7.14. The molecule has 0 aliphatic carbocycles. The lowest BCUT2D eigenvalue weighted by molar-refractivity contribution is -0.115. The van der Waals surface area contributed by atoms with Crippen LogP contribution >= 0.6 is 11.3 Å². The Balaban J connectivity index is 1.36. The average molecular weight is 487 g/mol. The van der Waals surface area contributed by atoms with Crippen molar-refractivity contribution < 1.29 is 14.7 Å². The van der Waals surface area contributed by atoms with Gasteiger partial charge < -0.3 is 15.7 Å². The summed E-state index contributed by atoms with van der Waals surface area (Å²) < 4.78 is 0. The maximum atomic E-state index is 12.5. The van der Waals surface area contributed by atoms with Crippen molar-refractivity contribution in [1.82, 2.24) is 15.3 Å². The average Bonchev–Trinajstić information content (AvgIpc) is 3.36. The Bertz CT molecular complexity index is 1340. The number of thiazole rings is 1. The van der Waals surface area contributed by atoms with Gasteiger partial charge in [0.1, 0.15) is 0 Å². The number of nitrogens with zero attached hydrogens (tertiary/aromatic N) is 2. The minimum Gasteiger partial charge on any atom is -0.385 e. The van der Waals surface area contributed by atoms with E-state index in [0.717, 1.165) is 22.4 Å². The summed E-state index contributed by atoms with van der Waals surface area (Å²) in [6.07, 6.45) is 4.02. The number of carbonyl (C=O) groups excluding carboxylic acids is 2. The minimum atomic E-state index is -1.02. The van der Waals surface area contributed by atoms with Gasteiger partial charge in [0.15, 0.2) is 5.13 Å². The van der Waals surface area contributed by atoms with Gasteiger partial charge in [-0.25, -0.2) is 4.98 Å². The quantitative estimate of drug-likeness (QED) is 0.330. The van der Waals surface area contributed by atoms with E-state index in [0.29, 0.717) is 22.7 Å². The van der Waals surface area contributed by atoms with E-state index in [1.165, 1.54) is 11.3 Å². The van der Waals surface area contributed by atoms with Crippen LogP contribution in [0.2, 0.25) is 0 Å². The summed E-state index contributed by atoms with van der Waals surface area (Å²) >= 11 is 1.32. The first-order chi connectivity index (χ1) is 16.9. The molecular formula is C27H26N4O3S. The Labute approximate surface area is 207 Å². The summed E-state index contributed by atoms with van der Waals surface area (Å²) in [7, 11) is 0. The van der Waals surface area contributed by atoms with E-state index in [4.69, 9.17) is 0 Å². The Hall–Kier alpha value is -3.88. The second-order valence-corrected chi connectivity index (χ2v) is 9.15. The molecule has 0 bridgehead atoms. The lowest BCUT2D eigenvalue weighted by Crippen LogP contribution is -2.33. The smallest absolute Gasteiger partial charge is 0.251 e. The maximum absolute atomic E-state index is 12.5. The number of benzene rings is 2. The van der Waals surface area contributed by atoms with Gasteiger partial charge in [0.25, 0.3) is 5.91 Å². The van der Waals surface area contributed by atoms with E-state index in [1.807, 2.05) is 48.7 Å². The number of anilines is 1. The summed E-state index contributed by atoms with van der Waals surface area (Å²) in [5.74, 6) is -0.761. The zero-order valence-corrected chi connectivity index (χ0v) is 20.3. The highest BCUT2D eigenvalue weighted by Crippen LogP contribution is 2.29. The first-order valence-electron chi connectivity index (χ1n) is 11.2. The molecule has 0 radical (unpaired) electrons. The normalized spacial score (nSPS) is 12.5. The van der Waals surface area contributed by atoms with Gasteiger partial charge in [0.2, 0.25) is 5.91 Å². The number of aromatic nitrogens is 2. The zero-order valence-electron chi connectivity index (χ0n) is 19.5. The molecule has 0 saturated heterocycles. The molecule has 2 heterocycles. The number of nitrogens with one attached hydrogen (secondary N) is 2. The summed E-state index contributed by atoms with van der Waals surface area (Å²) in [6.45, 7) is 3.38. The molecule has 2 aromatic heterocycles. The predicted molar refractivity (Wildman–Crippen MR) is 138 cm³/mol. The number of amides is 2. The third-order valence-corrected chi connectivity index (χ3v) is 6.52. The van der Waals surface area contributed by atoms with E-state index in [1.54, 1.807) is 43.6 Å². The van der Waals surface area contributed by atoms with E-state index >= 15 is 0 Å². The zero-order chi connectivity index (χ0) is 24.8. The first-order valence-corrected chi connectivity index (χ1v) is 12.1. The second-order valence-electron chi connectivity index (χ2n) is 8.29. The molecule has 7 nitrogen and oxygen atoms in total. The standard InChI is InChI=1S/C27H26N4O3S/c1-3-27(2,34)22-9-5-8-21(15-22)25(33)29-16-24(32)31-26-30-23(17-35-26)20-7-4-6-19(14-20)18-10-12-28-13-11-18/h4-15,17,34H,3,16H2,1-2H3,(H,29,33)(H,30,31,32)/t27-/m1/s1. The number of aliphatic hydroxyl groups is 1. The van der Waals surface area contributed by atoms with Crippen LogP contribution in [-0.4, -0.2) is 33.4 Å². The van der Waals surface area contributed by atoms with Crippen LogP contribution in [0.3, 0.4) is 0 Å². The molecule has 178 valence electrons. The number of pyridine rings is 1. The molecule has 0 aliphatic heterocycles. The molecule has 0 saturated carbocycles. The van der Waals surface area contributed by atoms with Crippen molar-refractivity contribution in [2.75, 3.05) is 11.9 Å². The second kappa shape index (κ2) is 10.6. The maximum Gasteiger partial charge on any atom is 0.251 e. The van der Waals surface area contributed by atoms with Gasteiger partial charge in [-0.05, 0) is 60.4 Å². The van der Waals surface area contributed by atoms with E-state index in [-0.39, 0.29) is 18.4 Å². The fourth-order valence-electron chi connectivity index (χ4n) is 3.49. The summed E-state index contributed by atoms with van der Waals surface area (Å²) in [4.78, 5) is 33.5. The van der Waals surface area contributed by atoms with E-state index in [9.17, 15) is 14.7 Å². The number of hydrogen-bond donors (Lipinski definition) is 3. The highest BCUT2D eigenvalue weighted by Gasteiger charge is 2.21. The van der Waals surface area contributed by atoms with E-state index < -0.39 is 5.60 Å². The largest absolute Gasteiger partial charge is 0.385 e. The van der Waals surface area contributed by atoms with Crippen LogP contribution in [0, 0.1) is 0 Å². The molecule has 4 rings (SSSR count). The molecule has 8 heteroatoms. The van der Waals surface area contributed by atoms with Crippen molar-refractivity contribution in [2.45, 2.75) is 25.9 Å². The lowest BCUT2D eigenvalue weighted by atomic mass is 9.92. The Morgan fingerprint density at radius 1 is 1.00 bits per heavy atom. The summed E-state index contributed by atoms with van der Waals surface area (Å²) in [5.41, 5.74) is 3.82. The third kappa shape index (κ3) is 5.98. The van der Waals surface area contributed by atoms with Crippen molar-refractivity contribution in [3.63, 3.8) is 0 Å². The molecule has 2 aromatic carbocycles. The topological polar surface area (TPSA) is 104 Å². The van der Waals surface area contributed by atoms with E-state index in [2.05, 4.69) is 20.6 Å². The molecule has 0 unspecified atom stereocenters. The molecule has 0 fully saturated rings. The SMILES string of the molecule is CC[C@@](C)(O)c1cccc(C(=O)NCC(=O)Nc2nc(-c3cccc(-c4ccncc4)c3)cs2)c1. The van der Waals surface area contributed by atoms with Gasteiger partial charge in [-0.2, -0.15) is 0 Å².